The Morgan fingerprint density at radius 1 is 1.36 bits per heavy atom. The predicted molar refractivity (Wildman–Crippen MR) is 45.5 cm³/mol. The molecule has 0 aliphatic carbocycles. The Morgan fingerprint density at radius 2 is 2.00 bits per heavy atom. The molecule has 0 aliphatic rings. The zero-order chi connectivity index (χ0) is 8.10. The van der Waals surface area contributed by atoms with E-state index in [0.29, 0.717) is 13.1 Å². The third-order valence-electron chi connectivity index (χ3n) is 1.44. The Hall–Kier alpha value is -1.25. The average Bonchev–Trinajstić information content (AvgIpc) is 2.04. The molecule has 0 N–H and O–H groups in total. The molecule has 1 rings (SSSR count). The SMILES string of the molecule is Bc1ccc(COC=O)cc1. The van der Waals surface area contributed by atoms with E-state index in [4.69, 9.17) is 0 Å². The highest BCUT2D eigenvalue weighted by atomic mass is 16.5. The van der Waals surface area contributed by atoms with Crippen LogP contribution in [0.25, 0.3) is 0 Å². The molecule has 0 atom stereocenters. The maximum Gasteiger partial charge on any atom is 0.293 e. The number of ether oxygens (including phenoxy) is 1. The van der Waals surface area contributed by atoms with Crippen molar-refractivity contribution in [3.63, 3.8) is 0 Å². The molecule has 1 aromatic carbocycles. The van der Waals surface area contributed by atoms with E-state index in [2.05, 4.69) is 4.74 Å². The summed E-state index contributed by atoms with van der Waals surface area (Å²) in [6, 6.07) is 7.87. The highest BCUT2D eigenvalue weighted by molar-refractivity contribution is 6.32. The van der Waals surface area contributed by atoms with Gasteiger partial charge < -0.3 is 4.74 Å². The van der Waals surface area contributed by atoms with E-state index in [9.17, 15) is 4.79 Å². The van der Waals surface area contributed by atoms with E-state index >= 15 is 0 Å². The maximum absolute atomic E-state index is 9.82. The van der Waals surface area contributed by atoms with Gasteiger partial charge in [-0.15, -0.1) is 0 Å². The molecule has 1 aromatic rings. The van der Waals surface area contributed by atoms with Crippen molar-refractivity contribution in [2.24, 2.45) is 0 Å². The zero-order valence-corrected chi connectivity index (χ0v) is 6.41. The number of carbonyl (C=O) groups excluding carboxylic acids is 1. The molecule has 3 heteroatoms. The van der Waals surface area contributed by atoms with Crippen molar-refractivity contribution in [2.45, 2.75) is 6.61 Å². The highest BCUT2D eigenvalue weighted by Gasteiger charge is 1.90. The van der Waals surface area contributed by atoms with Gasteiger partial charge in [0.05, 0.1) is 0 Å². The molecule has 0 aliphatic heterocycles. The Kier molecular flexibility index (Phi) is 2.72. The van der Waals surface area contributed by atoms with Crippen LogP contribution in [0, 0.1) is 0 Å². The molecule has 11 heavy (non-hydrogen) atoms. The smallest absolute Gasteiger partial charge is 0.293 e. The molecule has 0 fully saturated rings. The number of rotatable bonds is 3. The largest absolute Gasteiger partial charge is 0.463 e. The Bertz CT molecular complexity index is 230. The van der Waals surface area contributed by atoms with Crippen molar-refractivity contribution in [3.05, 3.63) is 29.8 Å². The van der Waals surface area contributed by atoms with Gasteiger partial charge in [0.1, 0.15) is 14.5 Å². The summed E-state index contributed by atoms with van der Waals surface area (Å²) in [6.45, 7) is 0.823. The monoisotopic (exact) mass is 148 g/mol. The lowest BCUT2D eigenvalue weighted by Gasteiger charge is -1.98. The summed E-state index contributed by atoms with van der Waals surface area (Å²) in [5.41, 5.74) is 2.22. The first-order valence-electron chi connectivity index (χ1n) is 3.44. The summed E-state index contributed by atoms with van der Waals surface area (Å²) in [6.07, 6.45) is 0. The molecule has 0 radical (unpaired) electrons. The van der Waals surface area contributed by atoms with Crippen molar-refractivity contribution >= 4 is 19.8 Å². The van der Waals surface area contributed by atoms with Crippen LogP contribution in [-0.4, -0.2) is 14.3 Å². The van der Waals surface area contributed by atoms with Crippen LogP contribution in [0.15, 0.2) is 24.3 Å². The molecule has 0 unspecified atom stereocenters. The van der Waals surface area contributed by atoms with Crippen LogP contribution >= 0.6 is 0 Å². The average molecular weight is 148 g/mol. The predicted octanol–water partition coefficient (Wildman–Crippen LogP) is -0.382. The van der Waals surface area contributed by atoms with Gasteiger partial charge in [0.15, 0.2) is 0 Å². The molecule has 0 aromatic heterocycles. The Morgan fingerprint density at radius 3 is 2.55 bits per heavy atom. The van der Waals surface area contributed by atoms with Gasteiger partial charge in [-0.2, -0.15) is 0 Å². The fraction of sp³-hybridized carbons (Fsp3) is 0.125. The second-order valence-corrected chi connectivity index (χ2v) is 2.39. The number of carbonyl (C=O) groups is 1. The minimum atomic E-state index is 0.365. The van der Waals surface area contributed by atoms with Gasteiger partial charge in [-0.1, -0.05) is 29.7 Å². The van der Waals surface area contributed by atoms with Crippen molar-refractivity contribution in [3.8, 4) is 0 Å². The Balaban J connectivity index is 2.58. The fourth-order valence-electron chi connectivity index (χ4n) is 0.815. The lowest BCUT2D eigenvalue weighted by Crippen LogP contribution is -2.01. The second-order valence-electron chi connectivity index (χ2n) is 2.39. The zero-order valence-electron chi connectivity index (χ0n) is 6.41. The van der Waals surface area contributed by atoms with Crippen molar-refractivity contribution in [2.75, 3.05) is 0 Å². The van der Waals surface area contributed by atoms with Gasteiger partial charge in [0.2, 0.25) is 0 Å². The van der Waals surface area contributed by atoms with Crippen molar-refractivity contribution in [1.82, 2.24) is 0 Å². The molecular weight excluding hydrogens is 139 g/mol. The van der Waals surface area contributed by atoms with E-state index in [1.54, 1.807) is 0 Å². The lowest BCUT2D eigenvalue weighted by molar-refractivity contribution is -0.129. The van der Waals surface area contributed by atoms with Crippen molar-refractivity contribution in [1.29, 1.82) is 0 Å². The van der Waals surface area contributed by atoms with E-state index < -0.39 is 0 Å². The van der Waals surface area contributed by atoms with Crippen LogP contribution in [0.4, 0.5) is 0 Å². The van der Waals surface area contributed by atoms with Crippen LogP contribution in [-0.2, 0) is 16.1 Å². The van der Waals surface area contributed by atoms with Crippen LogP contribution < -0.4 is 5.46 Å². The summed E-state index contributed by atoms with van der Waals surface area (Å²) in [5.74, 6) is 0. The molecular formula is C8H9BO2. The first-order chi connectivity index (χ1) is 5.33. The summed E-state index contributed by atoms with van der Waals surface area (Å²) >= 11 is 0. The van der Waals surface area contributed by atoms with Gasteiger partial charge in [0, 0.05) is 0 Å². The van der Waals surface area contributed by atoms with E-state index in [1.807, 2.05) is 32.1 Å². The molecule has 0 spiro atoms. The molecule has 0 saturated carbocycles. The van der Waals surface area contributed by atoms with Gasteiger partial charge in [0.25, 0.3) is 6.47 Å². The first kappa shape index (κ1) is 7.86. The quantitative estimate of drug-likeness (QED) is 0.431. The summed E-state index contributed by atoms with van der Waals surface area (Å²) in [4.78, 5) is 9.82. The molecule has 0 heterocycles. The summed E-state index contributed by atoms with van der Waals surface area (Å²) in [7, 11) is 2.02. The first-order valence-corrected chi connectivity index (χ1v) is 3.44. The molecule has 0 amide bonds. The summed E-state index contributed by atoms with van der Waals surface area (Å²) in [5, 5.41) is 0. The van der Waals surface area contributed by atoms with E-state index in [0.717, 1.165) is 5.56 Å². The fourth-order valence-corrected chi connectivity index (χ4v) is 0.815. The highest BCUT2D eigenvalue weighted by Crippen LogP contribution is 1.97. The normalized spacial score (nSPS) is 9.09. The third kappa shape index (κ3) is 2.46. The van der Waals surface area contributed by atoms with Gasteiger partial charge >= 0.3 is 0 Å². The Labute approximate surface area is 66.6 Å². The number of hydrogen-bond acceptors (Lipinski definition) is 2. The molecule has 0 bridgehead atoms. The van der Waals surface area contributed by atoms with Crippen LogP contribution in [0.2, 0.25) is 0 Å². The van der Waals surface area contributed by atoms with Gasteiger partial charge in [-0.05, 0) is 5.56 Å². The molecule has 56 valence electrons. The van der Waals surface area contributed by atoms with Crippen LogP contribution in [0.3, 0.4) is 0 Å². The standard InChI is InChI=1S/C8H9BO2/c9-8-3-1-7(2-4-8)5-11-6-10/h1-4,6H,5,9H2. The van der Waals surface area contributed by atoms with E-state index in [1.165, 1.54) is 5.46 Å². The van der Waals surface area contributed by atoms with Gasteiger partial charge in [-0.3, -0.25) is 4.79 Å². The maximum atomic E-state index is 9.82. The van der Waals surface area contributed by atoms with Gasteiger partial charge in [-0.25, -0.2) is 0 Å². The molecule has 2 nitrogen and oxygen atoms in total. The minimum absolute atomic E-state index is 0.365. The van der Waals surface area contributed by atoms with Crippen LogP contribution in [0.5, 0.6) is 0 Å². The van der Waals surface area contributed by atoms with Crippen LogP contribution in [0.1, 0.15) is 5.56 Å². The third-order valence-corrected chi connectivity index (χ3v) is 1.44. The summed E-state index contributed by atoms with van der Waals surface area (Å²) < 4.78 is 4.58. The number of hydrogen-bond donors (Lipinski definition) is 0. The topological polar surface area (TPSA) is 26.3 Å². The van der Waals surface area contributed by atoms with Crippen molar-refractivity contribution < 1.29 is 9.53 Å². The van der Waals surface area contributed by atoms with E-state index in [-0.39, 0.29) is 0 Å². The number of benzene rings is 1. The minimum Gasteiger partial charge on any atom is -0.463 e. The molecule has 0 saturated heterocycles. The lowest BCUT2D eigenvalue weighted by atomic mass is 9.95. The second kappa shape index (κ2) is 3.81.